The molecule has 1 aromatic heterocycles. The van der Waals surface area contributed by atoms with Crippen molar-refractivity contribution >= 4 is 11.6 Å². The minimum absolute atomic E-state index is 0.477. The second-order valence-corrected chi connectivity index (χ2v) is 4.16. The summed E-state index contributed by atoms with van der Waals surface area (Å²) in [6, 6.07) is 0. The number of ether oxygens (including phenoxy) is 2. The maximum Gasteiger partial charge on any atom is 0.221 e. The average Bonchev–Trinajstić information content (AvgIpc) is 2.31. The minimum Gasteiger partial charge on any atom is -0.477 e. The van der Waals surface area contributed by atoms with Gasteiger partial charge in [-0.1, -0.05) is 18.5 Å². The van der Waals surface area contributed by atoms with E-state index in [1.807, 2.05) is 6.92 Å². The minimum atomic E-state index is 0.477. The molecule has 0 fully saturated rings. The van der Waals surface area contributed by atoms with Crippen LogP contribution in [0.2, 0.25) is 5.15 Å². The Bertz CT molecular complexity index is 359. The highest BCUT2D eigenvalue weighted by Gasteiger charge is 2.09. The summed E-state index contributed by atoms with van der Waals surface area (Å²) in [5, 5.41) is 0.477. The summed E-state index contributed by atoms with van der Waals surface area (Å²) in [5.74, 6) is 1.33. The second kappa shape index (κ2) is 7.45. The summed E-state index contributed by atoms with van der Waals surface area (Å²) in [4.78, 5) is 8.58. The zero-order valence-corrected chi connectivity index (χ0v) is 11.4. The summed E-state index contributed by atoms with van der Waals surface area (Å²) in [7, 11) is 1.67. The van der Waals surface area contributed by atoms with E-state index < -0.39 is 0 Å². The van der Waals surface area contributed by atoms with E-state index in [4.69, 9.17) is 21.1 Å². The number of hydrogen-bond acceptors (Lipinski definition) is 4. The molecule has 0 saturated carbocycles. The van der Waals surface area contributed by atoms with Crippen molar-refractivity contribution in [3.63, 3.8) is 0 Å². The maximum atomic E-state index is 6.04. The van der Waals surface area contributed by atoms with E-state index in [-0.39, 0.29) is 0 Å². The van der Waals surface area contributed by atoms with Crippen LogP contribution in [0.25, 0.3) is 0 Å². The van der Waals surface area contributed by atoms with Gasteiger partial charge < -0.3 is 9.47 Å². The van der Waals surface area contributed by atoms with Gasteiger partial charge in [0.15, 0.2) is 0 Å². The zero-order chi connectivity index (χ0) is 12.7. The third kappa shape index (κ3) is 4.48. The van der Waals surface area contributed by atoms with Crippen LogP contribution in [0.3, 0.4) is 0 Å². The van der Waals surface area contributed by atoms with Crippen LogP contribution in [0.5, 0.6) is 5.88 Å². The molecule has 96 valence electrons. The molecule has 0 atom stereocenters. The van der Waals surface area contributed by atoms with Crippen molar-refractivity contribution in [3.8, 4) is 5.88 Å². The van der Waals surface area contributed by atoms with Crippen molar-refractivity contribution in [2.24, 2.45) is 0 Å². The molecular weight excluding hydrogens is 240 g/mol. The van der Waals surface area contributed by atoms with Crippen LogP contribution in [0, 0.1) is 6.92 Å². The first-order valence-electron chi connectivity index (χ1n) is 5.83. The molecule has 0 aliphatic carbocycles. The molecule has 0 spiro atoms. The highest BCUT2D eigenvalue weighted by atomic mass is 35.5. The Kier molecular flexibility index (Phi) is 6.22. The highest BCUT2D eigenvalue weighted by Crippen LogP contribution is 2.22. The number of aryl methyl sites for hydroxylation is 1. The van der Waals surface area contributed by atoms with Crippen molar-refractivity contribution in [1.29, 1.82) is 0 Å². The first kappa shape index (κ1) is 14.2. The first-order chi connectivity index (χ1) is 8.19. The fraction of sp³-hybridized carbons (Fsp3) is 0.667. The smallest absolute Gasteiger partial charge is 0.221 e. The molecule has 0 saturated heterocycles. The summed E-state index contributed by atoms with van der Waals surface area (Å²) in [6.07, 6.45) is 2.64. The predicted octanol–water partition coefficient (Wildman–Crippen LogP) is 2.81. The highest BCUT2D eigenvalue weighted by molar-refractivity contribution is 6.30. The van der Waals surface area contributed by atoms with Gasteiger partial charge in [0.2, 0.25) is 5.88 Å². The Morgan fingerprint density at radius 3 is 2.65 bits per heavy atom. The number of nitrogens with zero attached hydrogens (tertiary/aromatic N) is 2. The third-order valence-electron chi connectivity index (χ3n) is 2.29. The summed E-state index contributed by atoms with van der Waals surface area (Å²) in [5.41, 5.74) is 0.795. The van der Waals surface area contributed by atoms with E-state index >= 15 is 0 Å². The Hall–Kier alpha value is -0.870. The fourth-order valence-corrected chi connectivity index (χ4v) is 1.54. The molecule has 5 heteroatoms. The van der Waals surface area contributed by atoms with Crippen molar-refractivity contribution in [1.82, 2.24) is 9.97 Å². The lowest BCUT2D eigenvalue weighted by Crippen LogP contribution is -2.07. The number of methoxy groups -OCH3 is 1. The molecule has 0 bridgehead atoms. The number of halogens is 1. The van der Waals surface area contributed by atoms with Gasteiger partial charge in [-0.3, -0.25) is 0 Å². The van der Waals surface area contributed by atoms with Gasteiger partial charge in [-0.15, -0.1) is 0 Å². The predicted molar refractivity (Wildman–Crippen MR) is 67.8 cm³/mol. The molecule has 1 heterocycles. The number of rotatable bonds is 7. The molecule has 4 nitrogen and oxygen atoms in total. The molecule has 0 unspecified atom stereocenters. The van der Waals surface area contributed by atoms with Crippen molar-refractivity contribution in [3.05, 3.63) is 16.5 Å². The van der Waals surface area contributed by atoms with Crippen molar-refractivity contribution < 1.29 is 9.47 Å². The third-order valence-corrected chi connectivity index (χ3v) is 2.66. The zero-order valence-electron chi connectivity index (χ0n) is 10.6. The van der Waals surface area contributed by atoms with Crippen LogP contribution >= 0.6 is 11.6 Å². The van der Waals surface area contributed by atoms with Gasteiger partial charge in [-0.25, -0.2) is 4.98 Å². The Morgan fingerprint density at radius 1 is 1.24 bits per heavy atom. The van der Waals surface area contributed by atoms with Gasteiger partial charge in [-0.05, 0) is 13.3 Å². The van der Waals surface area contributed by atoms with Gasteiger partial charge in [0, 0.05) is 32.1 Å². The average molecular weight is 259 g/mol. The van der Waals surface area contributed by atoms with Gasteiger partial charge in [0.05, 0.1) is 6.61 Å². The number of hydrogen-bond donors (Lipinski definition) is 0. The van der Waals surface area contributed by atoms with Gasteiger partial charge in [0.25, 0.3) is 0 Å². The summed E-state index contributed by atoms with van der Waals surface area (Å²) < 4.78 is 10.5. The van der Waals surface area contributed by atoms with Crippen LogP contribution in [-0.2, 0) is 11.2 Å². The second-order valence-electron chi connectivity index (χ2n) is 3.81. The quantitative estimate of drug-likeness (QED) is 0.557. The summed E-state index contributed by atoms with van der Waals surface area (Å²) in [6.45, 7) is 5.20. The van der Waals surface area contributed by atoms with Gasteiger partial charge in [-0.2, -0.15) is 4.98 Å². The lowest BCUT2D eigenvalue weighted by atomic mass is 10.3. The van der Waals surface area contributed by atoms with E-state index in [2.05, 4.69) is 16.9 Å². The summed E-state index contributed by atoms with van der Waals surface area (Å²) >= 11 is 6.04. The molecule has 0 aliphatic heterocycles. The topological polar surface area (TPSA) is 44.2 Å². The molecular formula is C12H19ClN2O2. The van der Waals surface area contributed by atoms with Crippen molar-refractivity contribution in [2.45, 2.75) is 33.1 Å². The van der Waals surface area contributed by atoms with E-state index in [0.29, 0.717) is 24.2 Å². The van der Waals surface area contributed by atoms with Crippen molar-refractivity contribution in [2.75, 3.05) is 20.3 Å². The van der Waals surface area contributed by atoms with E-state index in [9.17, 15) is 0 Å². The number of aromatic nitrogens is 2. The molecule has 0 radical (unpaired) electrons. The van der Waals surface area contributed by atoms with E-state index in [1.165, 1.54) is 0 Å². The standard InChI is InChI=1S/C12H19ClN2O2/c1-4-6-10-14-11(13)9(2)12(15-10)17-8-5-7-16-3/h4-8H2,1-3H3. The molecule has 0 N–H and O–H groups in total. The molecule has 0 aliphatic rings. The van der Waals surface area contributed by atoms with Crippen LogP contribution in [0.15, 0.2) is 0 Å². The monoisotopic (exact) mass is 258 g/mol. The van der Waals surface area contributed by atoms with Gasteiger partial charge >= 0.3 is 0 Å². The molecule has 1 rings (SSSR count). The molecule has 1 aromatic rings. The normalized spacial score (nSPS) is 10.6. The van der Waals surface area contributed by atoms with E-state index in [1.54, 1.807) is 7.11 Å². The van der Waals surface area contributed by atoms with Crippen LogP contribution in [0.4, 0.5) is 0 Å². The van der Waals surface area contributed by atoms with E-state index in [0.717, 1.165) is 30.7 Å². The van der Waals surface area contributed by atoms with Gasteiger partial charge in [0.1, 0.15) is 11.0 Å². The SMILES string of the molecule is CCCc1nc(Cl)c(C)c(OCCCOC)n1. The molecule has 0 amide bonds. The molecule has 0 aromatic carbocycles. The maximum absolute atomic E-state index is 6.04. The van der Waals surface area contributed by atoms with Crippen LogP contribution < -0.4 is 4.74 Å². The molecule has 17 heavy (non-hydrogen) atoms. The van der Waals surface area contributed by atoms with Crippen LogP contribution in [0.1, 0.15) is 31.2 Å². The Labute approximate surface area is 107 Å². The largest absolute Gasteiger partial charge is 0.477 e. The Balaban J connectivity index is 2.68. The lowest BCUT2D eigenvalue weighted by molar-refractivity contribution is 0.170. The fourth-order valence-electron chi connectivity index (χ4n) is 1.36. The first-order valence-corrected chi connectivity index (χ1v) is 6.21. The van der Waals surface area contributed by atoms with Crippen LogP contribution in [-0.4, -0.2) is 30.3 Å². The lowest BCUT2D eigenvalue weighted by Gasteiger charge is -2.10. The Morgan fingerprint density at radius 2 is 2.00 bits per heavy atom.